The summed E-state index contributed by atoms with van der Waals surface area (Å²) in [7, 11) is 1.64. The highest BCUT2D eigenvalue weighted by Gasteiger charge is 2.17. The molecule has 0 radical (unpaired) electrons. The van der Waals surface area contributed by atoms with Gasteiger partial charge in [-0.05, 0) is 29.5 Å². The summed E-state index contributed by atoms with van der Waals surface area (Å²) in [6.45, 7) is 0. The highest BCUT2D eigenvalue weighted by atomic mass is 16.5. The van der Waals surface area contributed by atoms with Gasteiger partial charge in [0, 0.05) is 10.9 Å². The van der Waals surface area contributed by atoms with Gasteiger partial charge in [0.1, 0.15) is 5.75 Å². The molecule has 1 aliphatic carbocycles. The van der Waals surface area contributed by atoms with Gasteiger partial charge in [-0.25, -0.2) is 0 Å². The fourth-order valence-electron chi connectivity index (χ4n) is 2.38. The Balaban J connectivity index is 2.43. The molecule has 1 aliphatic rings. The lowest BCUT2D eigenvalue weighted by Gasteiger charge is -2.15. The molecule has 0 spiro atoms. The van der Waals surface area contributed by atoms with E-state index in [0.717, 1.165) is 34.1 Å². The van der Waals surface area contributed by atoms with Gasteiger partial charge >= 0.3 is 0 Å². The van der Waals surface area contributed by atoms with E-state index in [4.69, 9.17) is 4.74 Å². The average Bonchev–Trinajstić information content (AvgIpc) is 2.38. The fraction of sp³-hybridized carbons (Fsp3) is 0.133. The molecule has 0 N–H and O–H groups in total. The van der Waals surface area contributed by atoms with Gasteiger partial charge in [0.2, 0.25) is 0 Å². The van der Waals surface area contributed by atoms with Gasteiger partial charge in [0.15, 0.2) is 5.78 Å². The van der Waals surface area contributed by atoms with E-state index in [-0.39, 0.29) is 5.78 Å². The molecule has 2 aromatic carbocycles. The Morgan fingerprint density at radius 1 is 1.18 bits per heavy atom. The van der Waals surface area contributed by atoms with Crippen LogP contribution in [0, 0.1) is 0 Å². The Hall–Kier alpha value is -2.09. The summed E-state index contributed by atoms with van der Waals surface area (Å²) in [6, 6.07) is 9.90. The number of ketones is 1. The maximum atomic E-state index is 11.9. The van der Waals surface area contributed by atoms with Crippen LogP contribution in [-0.4, -0.2) is 12.9 Å². The average molecular weight is 224 g/mol. The molecule has 0 fully saturated rings. The van der Waals surface area contributed by atoms with E-state index >= 15 is 0 Å². The molecule has 2 aromatic rings. The lowest BCUT2D eigenvalue weighted by atomic mass is 9.90. The largest absolute Gasteiger partial charge is 0.496 e. The van der Waals surface area contributed by atoms with Crippen molar-refractivity contribution in [1.82, 2.24) is 0 Å². The van der Waals surface area contributed by atoms with Gasteiger partial charge in [-0.15, -0.1) is 0 Å². The van der Waals surface area contributed by atoms with E-state index in [9.17, 15) is 4.79 Å². The summed E-state index contributed by atoms with van der Waals surface area (Å²) in [5, 5.41) is 2.18. The van der Waals surface area contributed by atoms with Crippen LogP contribution in [0.4, 0.5) is 0 Å². The van der Waals surface area contributed by atoms with Crippen molar-refractivity contribution in [3.63, 3.8) is 0 Å². The third-order valence-corrected chi connectivity index (χ3v) is 3.19. The Kier molecular flexibility index (Phi) is 2.22. The van der Waals surface area contributed by atoms with Crippen molar-refractivity contribution in [2.75, 3.05) is 7.11 Å². The molecule has 84 valence electrons. The molecule has 2 nitrogen and oxygen atoms in total. The number of ether oxygens (including phenoxy) is 1. The number of benzene rings is 2. The third kappa shape index (κ3) is 1.45. The van der Waals surface area contributed by atoms with Crippen LogP contribution in [0.5, 0.6) is 5.75 Å². The Morgan fingerprint density at radius 2 is 1.94 bits per heavy atom. The molecule has 0 saturated heterocycles. The van der Waals surface area contributed by atoms with E-state index in [2.05, 4.69) is 0 Å². The van der Waals surface area contributed by atoms with Crippen molar-refractivity contribution in [2.24, 2.45) is 0 Å². The zero-order valence-electron chi connectivity index (χ0n) is 9.57. The Labute approximate surface area is 99.5 Å². The van der Waals surface area contributed by atoms with Gasteiger partial charge in [0.25, 0.3) is 0 Å². The molecule has 0 aliphatic heterocycles. The first kappa shape index (κ1) is 10.1. The molecule has 3 rings (SSSR count). The van der Waals surface area contributed by atoms with Crippen LogP contribution in [-0.2, 0) is 6.42 Å². The molecule has 0 heterocycles. The summed E-state index contributed by atoms with van der Waals surface area (Å²) in [4.78, 5) is 11.9. The van der Waals surface area contributed by atoms with Crippen molar-refractivity contribution < 1.29 is 9.53 Å². The topological polar surface area (TPSA) is 26.3 Å². The number of fused-ring (bicyclic) bond motifs is 3. The molecule has 2 heteroatoms. The van der Waals surface area contributed by atoms with E-state index in [0.29, 0.717) is 0 Å². The number of rotatable bonds is 1. The van der Waals surface area contributed by atoms with Gasteiger partial charge in [-0.1, -0.05) is 30.3 Å². The summed E-state index contributed by atoms with van der Waals surface area (Å²) in [5.41, 5.74) is 1.87. The minimum atomic E-state index is 0.0651. The second-order valence-corrected chi connectivity index (χ2v) is 4.12. The Bertz CT molecular complexity index is 639. The number of allylic oxidation sites excluding steroid dienone is 2. The van der Waals surface area contributed by atoms with Gasteiger partial charge in [-0.3, -0.25) is 4.79 Å². The normalized spacial score (nSPS) is 13.8. The Morgan fingerprint density at radius 3 is 2.71 bits per heavy atom. The molecule has 0 unspecified atom stereocenters. The minimum absolute atomic E-state index is 0.0651. The molecule has 0 bridgehead atoms. The maximum Gasteiger partial charge on any atom is 0.185 e. The van der Waals surface area contributed by atoms with Crippen LogP contribution in [0.25, 0.3) is 10.8 Å². The second-order valence-electron chi connectivity index (χ2n) is 4.12. The molecule has 0 aromatic heterocycles. The van der Waals surface area contributed by atoms with Crippen LogP contribution in [0.15, 0.2) is 42.5 Å². The molecule has 17 heavy (non-hydrogen) atoms. The van der Waals surface area contributed by atoms with Crippen molar-refractivity contribution in [1.29, 1.82) is 0 Å². The first-order chi connectivity index (χ1) is 8.31. The summed E-state index contributed by atoms with van der Waals surface area (Å²) in [6.07, 6.45) is 4.37. The number of hydrogen-bond donors (Lipinski definition) is 0. The molecular weight excluding hydrogens is 212 g/mol. The second kappa shape index (κ2) is 3.74. The van der Waals surface area contributed by atoms with Crippen LogP contribution < -0.4 is 4.74 Å². The van der Waals surface area contributed by atoms with Crippen molar-refractivity contribution in [2.45, 2.75) is 6.42 Å². The maximum absolute atomic E-state index is 11.9. The fourth-order valence-corrected chi connectivity index (χ4v) is 2.38. The van der Waals surface area contributed by atoms with Crippen molar-refractivity contribution >= 4 is 16.6 Å². The van der Waals surface area contributed by atoms with Crippen LogP contribution in [0.1, 0.15) is 15.9 Å². The number of carbonyl (C=O) groups excluding carboxylic acids is 1. The van der Waals surface area contributed by atoms with Gasteiger partial charge in [0.05, 0.1) is 7.11 Å². The highest BCUT2D eigenvalue weighted by molar-refractivity contribution is 6.11. The standard InChI is InChI=1S/C15H12O2/c1-17-15-9-13-11(7-4-8-14(13)16)10-5-2-3-6-12(10)15/h2-6,8-9H,7H2,1H3. The molecule has 0 saturated carbocycles. The summed E-state index contributed by atoms with van der Waals surface area (Å²) in [5.74, 6) is 0.832. The quantitative estimate of drug-likeness (QED) is 0.743. The predicted molar refractivity (Wildman–Crippen MR) is 67.7 cm³/mol. The van der Waals surface area contributed by atoms with E-state index < -0.39 is 0 Å². The van der Waals surface area contributed by atoms with E-state index in [1.165, 1.54) is 0 Å². The first-order valence-corrected chi connectivity index (χ1v) is 5.61. The highest BCUT2D eigenvalue weighted by Crippen LogP contribution is 2.33. The smallest absolute Gasteiger partial charge is 0.185 e. The van der Waals surface area contributed by atoms with Crippen molar-refractivity contribution in [3.8, 4) is 5.75 Å². The lowest BCUT2D eigenvalue weighted by Crippen LogP contribution is -2.06. The SMILES string of the molecule is COc1cc2c(c3ccccc13)CC=CC2=O. The monoisotopic (exact) mass is 224 g/mol. The van der Waals surface area contributed by atoms with Crippen LogP contribution >= 0.6 is 0 Å². The van der Waals surface area contributed by atoms with E-state index in [1.807, 2.05) is 36.4 Å². The third-order valence-electron chi connectivity index (χ3n) is 3.19. The lowest BCUT2D eigenvalue weighted by molar-refractivity contribution is 0.104. The number of methoxy groups -OCH3 is 1. The predicted octanol–water partition coefficient (Wildman–Crippen LogP) is 3.14. The number of carbonyl (C=O) groups is 1. The molecular formula is C15H12O2. The number of hydrogen-bond acceptors (Lipinski definition) is 2. The van der Waals surface area contributed by atoms with Gasteiger partial charge in [-0.2, -0.15) is 0 Å². The van der Waals surface area contributed by atoms with E-state index in [1.54, 1.807) is 13.2 Å². The van der Waals surface area contributed by atoms with Crippen LogP contribution in [0.2, 0.25) is 0 Å². The van der Waals surface area contributed by atoms with Crippen molar-refractivity contribution in [3.05, 3.63) is 53.6 Å². The minimum Gasteiger partial charge on any atom is -0.496 e. The van der Waals surface area contributed by atoms with Crippen LogP contribution in [0.3, 0.4) is 0 Å². The zero-order valence-corrected chi connectivity index (χ0v) is 9.57. The summed E-state index contributed by atoms with van der Waals surface area (Å²) >= 11 is 0. The summed E-state index contributed by atoms with van der Waals surface area (Å²) < 4.78 is 5.37. The first-order valence-electron chi connectivity index (χ1n) is 5.61. The molecule has 0 atom stereocenters. The molecule has 0 amide bonds. The van der Waals surface area contributed by atoms with Gasteiger partial charge < -0.3 is 4.74 Å². The zero-order chi connectivity index (χ0) is 11.8.